The highest BCUT2D eigenvalue weighted by Crippen LogP contribution is 2.23. The quantitative estimate of drug-likeness (QED) is 0.625. The van der Waals surface area contributed by atoms with Gasteiger partial charge in [0.2, 0.25) is 0 Å². The first-order chi connectivity index (χ1) is 6.25. The predicted octanol–water partition coefficient (Wildman–Crippen LogP) is 2.66. The summed E-state index contributed by atoms with van der Waals surface area (Å²) in [6.45, 7) is 1.90. The van der Waals surface area contributed by atoms with Crippen molar-refractivity contribution in [3.05, 3.63) is 0 Å². The molecule has 0 heterocycles. The van der Waals surface area contributed by atoms with Crippen molar-refractivity contribution in [2.24, 2.45) is 0 Å². The maximum Gasteiger partial charge on any atom is 0.438 e. The molecule has 76 valence electrons. The first kappa shape index (κ1) is 10.3. The topological polar surface area (TPSA) is 29.5 Å². The molecule has 0 N–H and O–H groups in total. The first-order valence-electron chi connectivity index (χ1n) is 4.87. The molecule has 1 aliphatic rings. The molecule has 0 bridgehead atoms. The number of halogens is 1. The maximum atomic E-state index is 13.2. The summed E-state index contributed by atoms with van der Waals surface area (Å²) >= 11 is 0. The fourth-order valence-corrected chi connectivity index (χ4v) is 1.64. The van der Waals surface area contributed by atoms with E-state index in [9.17, 15) is 9.28 Å². The van der Waals surface area contributed by atoms with E-state index in [-0.39, 0.29) is 17.8 Å². The minimum Gasteiger partial charge on any atom is -0.448 e. The molecule has 0 aliphatic heterocycles. The highest BCUT2D eigenvalue weighted by Gasteiger charge is 2.26. The number of ether oxygens (including phenoxy) is 1. The van der Waals surface area contributed by atoms with Gasteiger partial charge in [-0.05, 0) is 19.8 Å². The van der Waals surface area contributed by atoms with E-state index in [1.54, 1.807) is 6.92 Å². The molecule has 0 spiro atoms. The van der Waals surface area contributed by atoms with Crippen LogP contribution in [0.25, 0.3) is 0 Å². The van der Waals surface area contributed by atoms with E-state index >= 15 is 0 Å². The Kier molecular flexibility index (Phi) is 3.99. The second-order valence-corrected chi connectivity index (χ2v) is 3.30. The third kappa shape index (κ3) is 2.86. The largest absolute Gasteiger partial charge is 0.448 e. The summed E-state index contributed by atoms with van der Waals surface area (Å²) in [5.41, 5.74) is 0. The second kappa shape index (κ2) is 5.04. The van der Waals surface area contributed by atoms with Gasteiger partial charge < -0.3 is 4.74 Å². The highest BCUT2D eigenvalue weighted by molar-refractivity contribution is 5.66. The summed E-state index contributed by atoms with van der Waals surface area (Å²) in [5.74, 6) is 0. The van der Waals surface area contributed by atoms with Gasteiger partial charge >= 0.3 is 6.09 Å². The lowest BCUT2D eigenvalue weighted by molar-refractivity contribution is -0.0290. The van der Waals surface area contributed by atoms with Crippen LogP contribution in [0.4, 0.5) is 9.28 Å². The van der Waals surface area contributed by atoms with Crippen LogP contribution >= 0.6 is 0 Å². The zero-order valence-electron chi connectivity index (χ0n) is 7.96. The van der Waals surface area contributed by atoms with Crippen molar-refractivity contribution in [1.29, 1.82) is 0 Å². The van der Waals surface area contributed by atoms with Gasteiger partial charge in [-0.2, -0.15) is 0 Å². The summed E-state index contributed by atoms with van der Waals surface area (Å²) in [6, 6.07) is -0.257. The first-order valence-corrected chi connectivity index (χ1v) is 4.87. The number of nitrogens with zero attached hydrogens (tertiary/aromatic N) is 1. The molecule has 1 rings (SSSR count). The van der Waals surface area contributed by atoms with Crippen molar-refractivity contribution in [3.63, 3.8) is 0 Å². The molecule has 1 aliphatic carbocycles. The Morgan fingerprint density at radius 3 is 2.62 bits per heavy atom. The van der Waals surface area contributed by atoms with Gasteiger partial charge in [-0.1, -0.05) is 23.7 Å². The molecule has 3 nitrogen and oxygen atoms in total. The Balaban J connectivity index is 2.35. The second-order valence-electron chi connectivity index (χ2n) is 3.30. The molecule has 0 saturated heterocycles. The fraction of sp³-hybridized carbons (Fsp3) is 0.889. The number of hydrogen-bond donors (Lipinski definition) is 0. The van der Waals surface area contributed by atoms with Gasteiger partial charge in [0.1, 0.15) is 0 Å². The van der Waals surface area contributed by atoms with Crippen LogP contribution in [0.15, 0.2) is 0 Å². The van der Waals surface area contributed by atoms with E-state index in [0.29, 0.717) is 0 Å². The molecule has 1 saturated carbocycles. The molecule has 1 amide bonds. The van der Waals surface area contributed by atoms with Crippen LogP contribution < -0.4 is 0 Å². The summed E-state index contributed by atoms with van der Waals surface area (Å²) in [6.07, 6.45) is 3.83. The van der Waals surface area contributed by atoms with E-state index in [1.165, 1.54) is 0 Å². The van der Waals surface area contributed by atoms with Crippen LogP contribution in [-0.4, -0.2) is 23.9 Å². The maximum absolute atomic E-state index is 13.2. The SMILES string of the molecule is CCOC(=O)N(F)C1CCCCC1. The zero-order valence-corrected chi connectivity index (χ0v) is 7.96. The molecular formula is C9H16FNO2. The zero-order chi connectivity index (χ0) is 9.68. The van der Waals surface area contributed by atoms with Gasteiger partial charge in [0.25, 0.3) is 0 Å². The highest BCUT2D eigenvalue weighted by atomic mass is 19.2. The van der Waals surface area contributed by atoms with E-state index in [4.69, 9.17) is 0 Å². The Morgan fingerprint density at radius 2 is 2.08 bits per heavy atom. The lowest BCUT2D eigenvalue weighted by Crippen LogP contribution is -2.35. The van der Waals surface area contributed by atoms with Crippen molar-refractivity contribution in [2.75, 3.05) is 6.61 Å². The van der Waals surface area contributed by atoms with Crippen molar-refractivity contribution in [2.45, 2.75) is 45.1 Å². The van der Waals surface area contributed by atoms with Crippen molar-refractivity contribution < 1.29 is 14.0 Å². The molecule has 1 fully saturated rings. The third-order valence-corrected chi connectivity index (χ3v) is 2.34. The Labute approximate surface area is 77.8 Å². The summed E-state index contributed by atoms with van der Waals surface area (Å²) in [4.78, 5) is 11.0. The van der Waals surface area contributed by atoms with Gasteiger partial charge in [0.05, 0.1) is 12.6 Å². The van der Waals surface area contributed by atoms with Crippen molar-refractivity contribution >= 4 is 6.09 Å². The van der Waals surface area contributed by atoms with Crippen LogP contribution in [0.3, 0.4) is 0 Å². The summed E-state index contributed by atoms with van der Waals surface area (Å²) in [7, 11) is 0. The average molecular weight is 189 g/mol. The number of carbonyl (C=O) groups excluding carboxylic acids is 1. The molecule has 0 unspecified atom stereocenters. The lowest BCUT2D eigenvalue weighted by Gasteiger charge is -2.25. The van der Waals surface area contributed by atoms with E-state index in [1.807, 2.05) is 0 Å². The van der Waals surface area contributed by atoms with Gasteiger partial charge in [-0.25, -0.2) is 4.79 Å². The fourth-order valence-electron chi connectivity index (χ4n) is 1.64. The Morgan fingerprint density at radius 1 is 1.46 bits per heavy atom. The minimum absolute atomic E-state index is 0.228. The number of carbonyl (C=O) groups is 1. The molecule has 0 radical (unpaired) electrons. The van der Waals surface area contributed by atoms with Gasteiger partial charge in [-0.15, -0.1) is 5.12 Å². The average Bonchev–Trinajstić information content (AvgIpc) is 2.18. The summed E-state index contributed by atoms with van der Waals surface area (Å²) < 4.78 is 17.8. The van der Waals surface area contributed by atoms with Crippen LogP contribution in [-0.2, 0) is 4.74 Å². The molecule has 0 aromatic rings. The number of hydrogen-bond acceptors (Lipinski definition) is 2. The predicted molar refractivity (Wildman–Crippen MR) is 46.8 cm³/mol. The number of rotatable bonds is 2. The minimum atomic E-state index is -0.839. The van der Waals surface area contributed by atoms with Gasteiger partial charge in [-0.3, -0.25) is 0 Å². The van der Waals surface area contributed by atoms with Crippen LogP contribution in [0.2, 0.25) is 0 Å². The van der Waals surface area contributed by atoms with Crippen LogP contribution in [0.1, 0.15) is 39.0 Å². The van der Waals surface area contributed by atoms with E-state index < -0.39 is 6.09 Å². The molecule has 0 atom stereocenters. The van der Waals surface area contributed by atoms with E-state index in [2.05, 4.69) is 4.74 Å². The van der Waals surface area contributed by atoms with Gasteiger partial charge in [0.15, 0.2) is 0 Å². The monoisotopic (exact) mass is 189 g/mol. The standard InChI is InChI=1S/C9H16FNO2/c1-2-13-9(12)11(10)8-6-4-3-5-7-8/h8H,2-7H2,1H3. The van der Waals surface area contributed by atoms with Crippen LogP contribution in [0, 0.1) is 0 Å². The summed E-state index contributed by atoms with van der Waals surface area (Å²) in [5, 5.41) is 0.253. The molecule has 0 aromatic heterocycles. The molecular weight excluding hydrogens is 173 g/mol. The third-order valence-electron chi connectivity index (χ3n) is 2.34. The smallest absolute Gasteiger partial charge is 0.438 e. The van der Waals surface area contributed by atoms with Gasteiger partial charge in [0, 0.05) is 0 Å². The van der Waals surface area contributed by atoms with Crippen molar-refractivity contribution in [3.8, 4) is 0 Å². The molecule has 13 heavy (non-hydrogen) atoms. The van der Waals surface area contributed by atoms with Crippen molar-refractivity contribution in [1.82, 2.24) is 5.12 Å². The lowest BCUT2D eigenvalue weighted by atomic mass is 9.95. The number of amides is 1. The van der Waals surface area contributed by atoms with Crippen LogP contribution in [0.5, 0.6) is 0 Å². The van der Waals surface area contributed by atoms with E-state index in [0.717, 1.165) is 32.1 Å². The normalized spacial score (nSPS) is 18.3. The molecule has 4 heteroatoms. The molecule has 0 aromatic carbocycles. The Hall–Kier alpha value is -0.800. The Bertz CT molecular complexity index is 169.